The molecule has 0 fully saturated rings. The molecule has 1 amide bonds. The van der Waals surface area contributed by atoms with E-state index in [4.69, 9.17) is 5.11 Å². The summed E-state index contributed by atoms with van der Waals surface area (Å²) in [5.41, 5.74) is 3.27. The van der Waals surface area contributed by atoms with E-state index in [1.54, 1.807) is 12.1 Å². The Kier molecular flexibility index (Phi) is 4.55. The number of anilines is 1. The molecule has 0 saturated carbocycles. The van der Waals surface area contributed by atoms with Gasteiger partial charge in [0.1, 0.15) is 0 Å². The summed E-state index contributed by atoms with van der Waals surface area (Å²) < 4.78 is 0. The first-order valence-corrected chi connectivity index (χ1v) is 7.22. The van der Waals surface area contributed by atoms with Gasteiger partial charge in [0.2, 0.25) is 0 Å². The quantitative estimate of drug-likeness (QED) is 0.846. The summed E-state index contributed by atoms with van der Waals surface area (Å²) in [5.74, 6) is -1.15. The summed E-state index contributed by atoms with van der Waals surface area (Å²) in [4.78, 5) is 23.4. The predicted molar refractivity (Wildman–Crippen MR) is 84.9 cm³/mol. The van der Waals surface area contributed by atoms with Crippen molar-refractivity contribution in [2.45, 2.75) is 13.8 Å². The van der Waals surface area contributed by atoms with E-state index in [1.165, 1.54) is 17.4 Å². The highest BCUT2D eigenvalue weighted by Crippen LogP contribution is 2.21. The SMILES string of the molecule is Cc1ccc(C=CC(=O)O)cc1NC(=O)c1sccc1C. The summed E-state index contributed by atoms with van der Waals surface area (Å²) in [6, 6.07) is 7.31. The Hall–Kier alpha value is -2.40. The van der Waals surface area contributed by atoms with Crippen molar-refractivity contribution in [1.82, 2.24) is 0 Å². The molecule has 1 heterocycles. The fourth-order valence-corrected chi connectivity index (χ4v) is 2.65. The smallest absolute Gasteiger partial charge is 0.328 e. The fraction of sp³-hybridized carbons (Fsp3) is 0.125. The van der Waals surface area contributed by atoms with Crippen LogP contribution >= 0.6 is 11.3 Å². The van der Waals surface area contributed by atoms with Crippen molar-refractivity contribution in [3.05, 3.63) is 57.3 Å². The third kappa shape index (κ3) is 3.79. The number of hydrogen-bond donors (Lipinski definition) is 2. The van der Waals surface area contributed by atoms with Crippen LogP contribution in [0.15, 0.2) is 35.7 Å². The van der Waals surface area contributed by atoms with Gasteiger partial charge in [0.05, 0.1) is 4.88 Å². The van der Waals surface area contributed by atoms with E-state index in [0.717, 1.165) is 22.8 Å². The van der Waals surface area contributed by atoms with Gasteiger partial charge in [-0.2, -0.15) is 0 Å². The highest BCUT2D eigenvalue weighted by atomic mass is 32.1. The summed E-state index contributed by atoms with van der Waals surface area (Å²) in [6.45, 7) is 3.78. The second-order valence-electron chi connectivity index (χ2n) is 4.63. The molecule has 0 bridgehead atoms. The third-order valence-electron chi connectivity index (χ3n) is 3.00. The zero-order chi connectivity index (χ0) is 15.4. The van der Waals surface area contributed by atoms with Crippen molar-refractivity contribution < 1.29 is 14.7 Å². The van der Waals surface area contributed by atoms with Gasteiger partial charge in [0, 0.05) is 11.8 Å². The summed E-state index contributed by atoms with van der Waals surface area (Å²) in [5, 5.41) is 13.4. The van der Waals surface area contributed by atoms with Gasteiger partial charge in [0.15, 0.2) is 0 Å². The number of hydrogen-bond acceptors (Lipinski definition) is 3. The zero-order valence-corrected chi connectivity index (χ0v) is 12.5. The molecule has 1 aromatic carbocycles. The molecule has 2 aromatic rings. The van der Waals surface area contributed by atoms with Crippen LogP contribution in [0.5, 0.6) is 0 Å². The number of aryl methyl sites for hydroxylation is 2. The molecule has 0 saturated heterocycles. The first-order valence-electron chi connectivity index (χ1n) is 6.34. The zero-order valence-electron chi connectivity index (χ0n) is 11.7. The van der Waals surface area contributed by atoms with E-state index in [0.29, 0.717) is 10.6 Å². The molecule has 4 nitrogen and oxygen atoms in total. The Labute approximate surface area is 126 Å². The highest BCUT2D eigenvalue weighted by Gasteiger charge is 2.11. The van der Waals surface area contributed by atoms with Gasteiger partial charge in [-0.1, -0.05) is 12.1 Å². The minimum Gasteiger partial charge on any atom is -0.478 e. The van der Waals surface area contributed by atoms with Gasteiger partial charge < -0.3 is 10.4 Å². The van der Waals surface area contributed by atoms with Gasteiger partial charge in [0.25, 0.3) is 5.91 Å². The maximum Gasteiger partial charge on any atom is 0.328 e. The molecule has 108 valence electrons. The van der Waals surface area contributed by atoms with Crippen LogP contribution < -0.4 is 5.32 Å². The molecule has 2 rings (SSSR count). The van der Waals surface area contributed by atoms with Crippen LogP contribution in [-0.4, -0.2) is 17.0 Å². The lowest BCUT2D eigenvalue weighted by molar-refractivity contribution is -0.131. The highest BCUT2D eigenvalue weighted by molar-refractivity contribution is 7.12. The van der Waals surface area contributed by atoms with Crippen LogP contribution in [0.25, 0.3) is 6.08 Å². The van der Waals surface area contributed by atoms with Crippen LogP contribution in [0.3, 0.4) is 0 Å². The van der Waals surface area contributed by atoms with E-state index in [2.05, 4.69) is 5.32 Å². The fourth-order valence-electron chi connectivity index (χ4n) is 1.83. The van der Waals surface area contributed by atoms with Gasteiger partial charge in [-0.05, 0) is 54.1 Å². The number of benzene rings is 1. The molecule has 0 spiro atoms. The lowest BCUT2D eigenvalue weighted by atomic mass is 10.1. The number of carbonyl (C=O) groups is 2. The lowest BCUT2D eigenvalue weighted by Gasteiger charge is -2.09. The Balaban J connectivity index is 2.23. The number of carboxylic acids is 1. The van der Waals surface area contributed by atoms with E-state index < -0.39 is 5.97 Å². The van der Waals surface area contributed by atoms with Crippen molar-refractivity contribution in [2.75, 3.05) is 5.32 Å². The van der Waals surface area contributed by atoms with Crippen molar-refractivity contribution in [3.8, 4) is 0 Å². The molecule has 1 aromatic heterocycles. The number of rotatable bonds is 4. The Morgan fingerprint density at radius 3 is 2.57 bits per heavy atom. The molecule has 0 aliphatic heterocycles. The summed E-state index contributed by atoms with van der Waals surface area (Å²) in [6.07, 6.45) is 2.56. The Morgan fingerprint density at radius 2 is 1.95 bits per heavy atom. The summed E-state index contributed by atoms with van der Waals surface area (Å²) in [7, 11) is 0. The minimum atomic E-state index is -1.00. The average Bonchev–Trinajstić information content (AvgIpc) is 2.86. The third-order valence-corrected chi connectivity index (χ3v) is 4.01. The monoisotopic (exact) mass is 301 g/mol. The molecule has 0 radical (unpaired) electrons. The molecular formula is C16H15NO3S. The molecule has 0 aliphatic rings. The van der Waals surface area contributed by atoms with E-state index in [9.17, 15) is 9.59 Å². The minimum absolute atomic E-state index is 0.148. The van der Waals surface area contributed by atoms with Crippen LogP contribution in [-0.2, 0) is 4.79 Å². The molecule has 2 N–H and O–H groups in total. The summed E-state index contributed by atoms with van der Waals surface area (Å²) >= 11 is 1.40. The van der Waals surface area contributed by atoms with Crippen LogP contribution in [0, 0.1) is 13.8 Å². The van der Waals surface area contributed by atoms with Crippen molar-refractivity contribution in [3.63, 3.8) is 0 Å². The van der Waals surface area contributed by atoms with Crippen LogP contribution in [0.1, 0.15) is 26.4 Å². The van der Waals surface area contributed by atoms with E-state index in [-0.39, 0.29) is 5.91 Å². The predicted octanol–water partition coefficient (Wildman–Crippen LogP) is 3.72. The van der Waals surface area contributed by atoms with Crippen molar-refractivity contribution >= 4 is 35.0 Å². The molecule has 0 unspecified atom stereocenters. The number of amides is 1. The van der Waals surface area contributed by atoms with Crippen molar-refractivity contribution in [2.24, 2.45) is 0 Å². The molecule has 21 heavy (non-hydrogen) atoms. The molecular weight excluding hydrogens is 286 g/mol. The van der Waals surface area contributed by atoms with Gasteiger partial charge >= 0.3 is 5.97 Å². The number of carbonyl (C=O) groups excluding carboxylic acids is 1. The lowest BCUT2D eigenvalue weighted by Crippen LogP contribution is -2.12. The molecule has 5 heteroatoms. The maximum absolute atomic E-state index is 12.2. The first kappa shape index (κ1) is 15.0. The van der Waals surface area contributed by atoms with Crippen LogP contribution in [0.2, 0.25) is 0 Å². The normalized spacial score (nSPS) is 10.8. The topological polar surface area (TPSA) is 66.4 Å². The Morgan fingerprint density at radius 1 is 1.19 bits per heavy atom. The second-order valence-corrected chi connectivity index (χ2v) is 5.55. The van der Waals surface area contributed by atoms with Gasteiger partial charge in [-0.15, -0.1) is 11.3 Å². The average molecular weight is 301 g/mol. The standard InChI is InChI=1S/C16H15NO3S/c1-10-3-4-12(5-6-14(18)19)9-13(10)17-16(20)15-11(2)7-8-21-15/h3-9H,1-2H3,(H,17,20)(H,18,19). The van der Waals surface area contributed by atoms with Gasteiger partial charge in [-0.25, -0.2) is 4.79 Å². The Bertz CT molecular complexity index is 716. The van der Waals surface area contributed by atoms with E-state index >= 15 is 0 Å². The molecule has 0 aliphatic carbocycles. The first-order chi connectivity index (χ1) is 9.97. The van der Waals surface area contributed by atoms with E-state index in [1.807, 2.05) is 31.4 Å². The number of thiophene rings is 1. The van der Waals surface area contributed by atoms with Crippen molar-refractivity contribution in [1.29, 1.82) is 0 Å². The number of carboxylic acid groups (broad SMARTS) is 1. The van der Waals surface area contributed by atoms with Gasteiger partial charge in [-0.3, -0.25) is 4.79 Å². The number of nitrogens with one attached hydrogen (secondary N) is 1. The molecule has 0 atom stereocenters. The second kappa shape index (κ2) is 6.37. The van der Waals surface area contributed by atoms with Crippen LogP contribution in [0.4, 0.5) is 5.69 Å². The largest absolute Gasteiger partial charge is 0.478 e. The maximum atomic E-state index is 12.2. The number of aliphatic carboxylic acids is 1.